The lowest BCUT2D eigenvalue weighted by atomic mass is 9.98. The van der Waals surface area contributed by atoms with Gasteiger partial charge in [0.05, 0.1) is 6.10 Å². The monoisotopic (exact) mass is 310 g/mol. The third kappa shape index (κ3) is 3.57. The Bertz CT molecular complexity index is 569. The van der Waals surface area contributed by atoms with E-state index >= 15 is 0 Å². The maximum atomic E-state index is 13.7. The number of benzene rings is 1. The Morgan fingerprint density at radius 3 is 2.37 bits per heavy atom. The van der Waals surface area contributed by atoms with E-state index in [0.29, 0.717) is 12.1 Å². The fourth-order valence-electron chi connectivity index (χ4n) is 2.18. The predicted molar refractivity (Wildman–Crippen MR) is 66.9 cm³/mol. The summed E-state index contributed by atoms with van der Waals surface area (Å²) in [6.07, 6.45) is 4.14. The molecule has 1 aliphatic rings. The number of hydrogen-bond donors (Lipinski definition) is 0. The van der Waals surface area contributed by atoms with Gasteiger partial charge in [-0.25, -0.2) is 17.2 Å². The summed E-state index contributed by atoms with van der Waals surface area (Å²) in [4.78, 5) is -0.655. The minimum Gasteiger partial charge on any atom is -0.486 e. The second kappa shape index (κ2) is 5.63. The molecule has 0 heterocycles. The fourth-order valence-corrected chi connectivity index (χ4v) is 3.15. The van der Waals surface area contributed by atoms with Crippen molar-refractivity contribution in [3.63, 3.8) is 0 Å². The van der Waals surface area contributed by atoms with Gasteiger partial charge in [0, 0.05) is 16.7 Å². The van der Waals surface area contributed by atoms with Crippen LogP contribution in [0.25, 0.3) is 0 Å². The van der Waals surface area contributed by atoms with Crippen molar-refractivity contribution >= 4 is 19.7 Å². The zero-order valence-corrected chi connectivity index (χ0v) is 11.6. The molecule has 3 nitrogen and oxygen atoms in total. The number of ether oxygens (including phenoxy) is 1. The van der Waals surface area contributed by atoms with Gasteiger partial charge in [-0.2, -0.15) is 0 Å². The van der Waals surface area contributed by atoms with Crippen molar-refractivity contribution in [2.24, 2.45) is 0 Å². The molecule has 106 valence electrons. The topological polar surface area (TPSA) is 43.4 Å². The van der Waals surface area contributed by atoms with E-state index in [-0.39, 0.29) is 6.10 Å². The minimum atomic E-state index is -4.26. The van der Waals surface area contributed by atoms with Crippen LogP contribution in [0.2, 0.25) is 0 Å². The van der Waals surface area contributed by atoms with Crippen LogP contribution in [-0.2, 0) is 9.05 Å². The van der Waals surface area contributed by atoms with Crippen molar-refractivity contribution in [2.75, 3.05) is 0 Å². The van der Waals surface area contributed by atoms with Crippen molar-refractivity contribution in [1.29, 1.82) is 0 Å². The van der Waals surface area contributed by atoms with E-state index in [1.165, 1.54) is 0 Å². The predicted octanol–water partition coefficient (Wildman–Crippen LogP) is 3.60. The highest BCUT2D eigenvalue weighted by atomic mass is 35.7. The lowest BCUT2D eigenvalue weighted by Crippen LogP contribution is -2.21. The van der Waals surface area contributed by atoms with Crippen LogP contribution in [0.4, 0.5) is 8.78 Å². The number of rotatable bonds is 3. The molecule has 0 unspecified atom stereocenters. The van der Waals surface area contributed by atoms with Crippen molar-refractivity contribution in [3.05, 3.63) is 23.8 Å². The minimum absolute atomic E-state index is 0.258. The smallest absolute Gasteiger partial charge is 0.265 e. The Morgan fingerprint density at radius 1 is 1.16 bits per heavy atom. The van der Waals surface area contributed by atoms with Gasteiger partial charge in [0.15, 0.2) is 11.6 Å². The summed E-state index contributed by atoms with van der Waals surface area (Å²) in [6, 6.07) is 1.26. The molecule has 0 radical (unpaired) electrons. The van der Waals surface area contributed by atoms with E-state index in [1.54, 1.807) is 0 Å². The van der Waals surface area contributed by atoms with Gasteiger partial charge in [-0.05, 0) is 31.7 Å². The Labute approximate surface area is 114 Å². The van der Waals surface area contributed by atoms with Crippen molar-refractivity contribution < 1.29 is 21.9 Å². The summed E-state index contributed by atoms with van der Waals surface area (Å²) >= 11 is 0. The van der Waals surface area contributed by atoms with Crippen molar-refractivity contribution in [3.8, 4) is 5.75 Å². The first kappa shape index (κ1) is 14.5. The summed E-state index contributed by atoms with van der Waals surface area (Å²) < 4.78 is 54.9. The molecule has 2 rings (SSSR count). The standard InChI is InChI=1S/C12H13ClF2O3S/c13-19(16,17)11-7-8(14)6-10(15)12(11)18-9-4-2-1-3-5-9/h6-7,9H,1-5H2. The molecule has 1 aromatic rings. The zero-order chi connectivity index (χ0) is 14.0. The van der Waals surface area contributed by atoms with Crippen LogP contribution < -0.4 is 4.74 Å². The maximum absolute atomic E-state index is 13.7. The molecule has 0 atom stereocenters. The van der Waals surface area contributed by atoms with Crippen LogP contribution in [0.15, 0.2) is 17.0 Å². The van der Waals surface area contributed by atoms with E-state index in [0.717, 1.165) is 32.1 Å². The van der Waals surface area contributed by atoms with Crippen LogP contribution in [0.5, 0.6) is 5.75 Å². The molecule has 1 aliphatic carbocycles. The SMILES string of the molecule is O=S(=O)(Cl)c1cc(F)cc(F)c1OC1CCCCC1. The molecule has 1 saturated carbocycles. The highest BCUT2D eigenvalue weighted by Gasteiger charge is 2.25. The average Bonchev–Trinajstić information content (AvgIpc) is 2.32. The van der Waals surface area contributed by atoms with Gasteiger partial charge in [-0.15, -0.1) is 0 Å². The highest BCUT2D eigenvalue weighted by molar-refractivity contribution is 8.13. The summed E-state index contributed by atoms with van der Waals surface area (Å²) in [7, 11) is 0.922. The van der Waals surface area contributed by atoms with Crippen LogP contribution in [0, 0.1) is 11.6 Å². The Morgan fingerprint density at radius 2 is 1.79 bits per heavy atom. The molecule has 0 bridgehead atoms. The third-order valence-electron chi connectivity index (χ3n) is 3.07. The molecule has 19 heavy (non-hydrogen) atoms. The van der Waals surface area contributed by atoms with E-state index in [2.05, 4.69) is 0 Å². The molecular weight excluding hydrogens is 298 g/mol. The summed E-state index contributed by atoms with van der Waals surface area (Å²) in [5, 5.41) is 0. The molecule has 1 aromatic carbocycles. The van der Waals surface area contributed by atoms with Crippen LogP contribution in [-0.4, -0.2) is 14.5 Å². The first-order valence-corrected chi connectivity index (χ1v) is 8.29. The molecular formula is C12H13ClF2O3S. The van der Waals surface area contributed by atoms with Crippen LogP contribution in [0.3, 0.4) is 0 Å². The molecule has 0 spiro atoms. The second-order valence-electron chi connectivity index (χ2n) is 4.53. The largest absolute Gasteiger partial charge is 0.486 e. The van der Waals surface area contributed by atoms with Gasteiger partial charge in [-0.3, -0.25) is 0 Å². The second-order valence-corrected chi connectivity index (χ2v) is 7.06. The van der Waals surface area contributed by atoms with E-state index < -0.39 is 31.3 Å². The fraction of sp³-hybridized carbons (Fsp3) is 0.500. The van der Waals surface area contributed by atoms with E-state index in [9.17, 15) is 17.2 Å². The molecule has 0 aromatic heterocycles. The molecule has 0 amide bonds. The maximum Gasteiger partial charge on any atom is 0.265 e. The first-order chi connectivity index (χ1) is 8.88. The lowest BCUT2D eigenvalue weighted by molar-refractivity contribution is 0.144. The molecule has 0 saturated heterocycles. The third-order valence-corrected chi connectivity index (χ3v) is 4.40. The van der Waals surface area contributed by atoms with Crippen molar-refractivity contribution in [1.82, 2.24) is 0 Å². The van der Waals surface area contributed by atoms with Crippen LogP contribution >= 0.6 is 10.7 Å². The van der Waals surface area contributed by atoms with Gasteiger partial charge in [0.2, 0.25) is 0 Å². The van der Waals surface area contributed by atoms with Gasteiger partial charge in [-0.1, -0.05) is 6.42 Å². The molecule has 0 N–H and O–H groups in total. The van der Waals surface area contributed by atoms with E-state index in [1.807, 2.05) is 0 Å². The number of halogens is 3. The van der Waals surface area contributed by atoms with E-state index in [4.69, 9.17) is 15.4 Å². The summed E-state index contributed by atoms with van der Waals surface area (Å²) in [5.74, 6) is -2.54. The lowest BCUT2D eigenvalue weighted by Gasteiger charge is -2.24. The molecule has 1 fully saturated rings. The summed E-state index contributed by atoms with van der Waals surface area (Å²) in [5.41, 5.74) is 0. The zero-order valence-electron chi connectivity index (χ0n) is 10.0. The van der Waals surface area contributed by atoms with Gasteiger partial charge >= 0.3 is 0 Å². The normalized spacial score (nSPS) is 17.4. The Hall–Kier alpha value is -0.880. The number of hydrogen-bond acceptors (Lipinski definition) is 3. The first-order valence-electron chi connectivity index (χ1n) is 5.98. The summed E-state index contributed by atoms with van der Waals surface area (Å²) in [6.45, 7) is 0. The van der Waals surface area contributed by atoms with Crippen molar-refractivity contribution in [2.45, 2.75) is 43.1 Å². The Kier molecular flexibility index (Phi) is 4.30. The highest BCUT2D eigenvalue weighted by Crippen LogP contribution is 2.33. The van der Waals surface area contributed by atoms with Crippen LogP contribution in [0.1, 0.15) is 32.1 Å². The Balaban J connectivity index is 2.37. The van der Waals surface area contributed by atoms with Gasteiger partial charge < -0.3 is 4.74 Å². The quantitative estimate of drug-likeness (QED) is 0.801. The molecule has 0 aliphatic heterocycles. The van der Waals surface area contributed by atoms with Gasteiger partial charge in [0.1, 0.15) is 10.7 Å². The molecule has 7 heteroatoms. The average molecular weight is 311 g/mol. The van der Waals surface area contributed by atoms with Gasteiger partial charge in [0.25, 0.3) is 9.05 Å².